The Hall–Kier alpha value is -0.270. The molecule has 1 rings (SSSR count). The monoisotopic (exact) mass is 223 g/mol. The van der Waals surface area contributed by atoms with Crippen molar-refractivity contribution < 1.29 is 47.9 Å². The van der Waals surface area contributed by atoms with E-state index in [0.717, 1.165) is 6.20 Å². The number of carbonyl (C=O) groups excluding carboxylic acids is 1. The van der Waals surface area contributed by atoms with Gasteiger partial charge in [0.1, 0.15) is 0 Å². The van der Waals surface area contributed by atoms with E-state index in [9.17, 15) is 13.6 Å². The second kappa shape index (κ2) is 6.26. The average Bonchev–Trinajstić information content (AvgIpc) is 2.16. The Kier molecular flexibility index (Phi) is 6.14. The average molecular weight is 223 g/mol. The zero-order chi connectivity index (χ0) is 9.84. The summed E-state index contributed by atoms with van der Waals surface area (Å²) in [6.07, 6.45) is 2.41. The van der Waals surface area contributed by atoms with Gasteiger partial charge >= 0.3 is 35.5 Å². The number of aromatic nitrogens is 1. The fourth-order valence-corrected chi connectivity index (χ4v) is 1.27. The van der Waals surface area contributed by atoms with E-state index >= 15 is 0 Å². The largest absolute Gasteiger partial charge is 1.00 e. The summed E-state index contributed by atoms with van der Waals surface area (Å²) in [6.45, 7) is 0. The maximum atomic E-state index is 11.0. The molecule has 0 aliphatic rings. The molecule has 0 aromatic carbocycles. The van der Waals surface area contributed by atoms with Gasteiger partial charge in [0.15, 0.2) is 0 Å². The topological polar surface area (TPSA) is 79.3 Å². The number of nitrogens with zero attached hydrogens (tertiary/aromatic N) is 1. The molecule has 0 radical (unpaired) electrons. The van der Waals surface area contributed by atoms with Crippen molar-refractivity contribution in [3.63, 3.8) is 0 Å². The molecule has 1 aromatic heterocycles. The molecule has 5 nitrogen and oxygen atoms in total. The van der Waals surface area contributed by atoms with Gasteiger partial charge in [-0.05, 0) is 17.1 Å². The van der Waals surface area contributed by atoms with Crippen LogP contribution in [-0.4, -0.2) is 26.8 Å². The van der Waals surface area contributed by atoms with Gasteiger partial charge in [-0.2, -0.15) is 0 Å². The van der Waals surface area contributed by atoms with E-state index in [2.05, 4.69) is 9.72 Å². The fourth-order valence-electron chi connectivity index (χ4n) is 0.791. The second-order valence-corrected chi connectivity index (χ2v) is 3.01. The number of pyridine rings is 1. The minimum atomic E-state index is -2.48. The molecule has 0 aliphatic heterocycles. The summed E-state index contributed by atoms with van der Waals surface area (Å²) < 4.78 is 25.6. The van der Waals surface area contributed by atoms with Crippen LogP contribution in [0.3, 0.4) is 0 Å². The van der Waals surface area contributed by atoms with Gasteiger partial charge in [-0.1, -0.05) is 0 Å². The number of ether oxygens (including phenoxy) is 1. The Balaban J connectivity index is 0.00000169. The molecule has 1 aromatic rings. The molecule has 1 unspecified atom stereocenters. The first-order valence-corrected chi connectivity index (χ1v) is 4.36. The Morgan fingerprint density at radius 2 is 2.29 bits per heavy atom. The third kappa shape index (κ3) is 3.14. The molecule has 1 heterocycles. The van der Waals surface area contributed by atoms with Crippen LogP contribution in [0.2, 0.25) is 0 Å². The van der Waals surface area contributed by atoms with E-state index in [-0.39, 0.29) is 40.0 Å². The summed E-state index contributed by atoms with van der Waals surface area (Å²) in [4.78, 5) is 14.4. The third-order valence-corrected chi connectivity index (χ3v) is 2.05. The van der Waals surface area contributed by atoms with Crippen molar-refractivity contribution in [3.8, 4) is 0 Å². The molecule has 0 N–H and O–H groups in total. The zero-order valence-electron chi connectivity index (χ0n) is 7.72. The van der Waals surface area contributed by atoms with Crippen molar-refractivity contribution >= 4 is 17.0 Å². The second-order valence-electron chi connectivity index (χ2n) is 2.10. The van der Waals surface area contributed by atoms with Crippen LogP contribution in [0.25, 0.3) is 0 Å². The molecule has 0 fully saturated rings. The number of hydrogen-bond acceptors (Lipinski definition) is 5. The number of carbonyl (C=O) groups is 1. The normalized spacial score (nSPS) is 11.3. The quantitative estimate of drug-likeness (QED) is 0.305. The fraction of sp³-hybridized carbons (Fsp3) is 0.143. The molecule has 0 saturated carbocycles. The van der Waals surface area contributed by atoms with Crippen LogP contribution < -0.4 is 29.6 Å². The van der Waals surface area contributed by atoms with Crippen molar-refractivity contribution in [2.75, 3.05) is 7.11 Å². The van der Waals surface area contributed by atoms with E-state index in [1.165, 1.54) is 19.4 Å². The van der Waals surface area contributed by atoms with Gasteiger partial charge in [0, 0.05) is 12.4 Å². The summed E-state index contributed by atoms with van der Waals surface area (Å²) in [6, 6.07) is 1.29. The first-order valence-electron chi connectivity index (χ1n) is 3.28. The van der Waals surface area contributed by atoms with Gasteiger partial charge in [0.2, 0.25) is 0 Å². The Bertz CT molecular complexity index is 357. The summed E-state index contributed by atoms with van der Waals surface area (Å²) in [5.74, 6) is -0.693. The standard InChI is InChI=1S/C7H7NO4S.Na/c1-12-7(9)5-2-3-8-4-6(5)13(10)11;/h2-4H,1H3,(H,10,11);/q;+1/p-1. The predicted octanol–water partition coefficient (Wildman–Crippen LogP) is -2.89. The van der Waals surface area contributed by atoms with Crippen LogP contribution in [0.1, 0.15) is 10.4 Å². The number of methoxy groups -OCH3 is 1. The SMILES string of the molecule is COC(=O)c1ccncc1S(=O)[O-].[Na+]. The van der Waals surface area contributed by atoms with E-state index in [0.29, 0.717) is 0 Å². The van der Waals surface area contributed by atoms with Crippen molar-refractivity contribution in [2.24, 2.45) is 0 Å². The maximum Gasteiger partial charge on any atom is 1.00 e. The molecule has 7 heteroatoms. The molecule has 0 aliphatic carbocycles. The molecular weight excluding hydrogens is 217 g/mol. The van der Waals surface area contributed by atoms with Gasteiger partial charge in [-0.3, -0.25) is 9.19 Å². The van der Waals surface area contributed by atoms with Crippen molar-refractivity contribution in [2.45, 2.75) is 4.90 Å². The van der Waals surface area contributed by atoms with Crippen LogP contribution in [0.5, 0.6) is 0 Å². The van der Waals surface area contributed by atoms with Gasteiger partial charge in [0.05, 0.1) is 17.6 Å². The molecule has 70 valence electrons. The molecule has 1 atom stereocenters. The molecule has 0 saturated heterocycles. The predicted molar refractivity (Wildman–Crippen MR) is 42.8 cm³/mol. The third-order valence-electron chi connectivity index (χ3n) is 1.37. The number of rotatable bonds is 2. The number of esters is 1. The smallest absolute Gasteiger partial charge is 0.768 e. The maximum absolute atomic E-state index is 11.0. The van der Waals surface area contributed by atoms with Gasteiger partial charge in [-0.15, -0.1) is 0 Å². The zero-order valence-corrected chi connectivity index (χ0v) is 10.5. The van der Waals surface area contributed by atoms with Crippen LogP contribution >= 0.6 is 0 Å². The van der Waals surface area contributed by atoms with Crippen molar-refractivity contribution in [1.82, 2.24) is 4.98 Å². The molecule has 0 amide bonds. The number of hydrogen-bond donors (Lipinski definition) is 0. The van der Waals surface area contributed by atoms with E-state index in [4.69, 9.17) is 0 Å². The molecule has 0 bridgehead atoms. The van der Waals surface area contributed by atoms with E-state index < -0.39 is 17.0 Å². The molecule has 14 heavy (non-hydrogen) atoms. The Morgan fingerprint density at radius 1 is 1.64 bits per heavy atom. The molecule has 0 spiro atoms. The summed E-state index contributed by atoms with van der Waals surface area (Å²) >= 11 is -2.48. The summed E-state index contributed by atoms with van der Waals surface area (Å²) in [5, 5.41) is 0. The molecular formula is C7H6NNaO4S. The van der Waals surface area contributed by atoms with Gasteiger partial charge in [-0.25, -0.2) is 4.79 Å². The van der Waals surface area contributed by atoms with E-state index in [1.54, 1.807) is 0 Å². The summed E-state index contributed by atoms with van der Waals surface area (Å²) in [5.41, 5.74) is -0.00849. The Morgan fingerprint density at radius 3 is 2.79 bits per heavy atom. The van der Waals surface area contributed by atoms with Crippen LogP contribution in [0, 0.1) is 0 Å². The minimum Gasteiger partial charge on any atom is -0.768 e. The van der Waals surface area contributed by atoms with E-state index in [1.807, 2.05) is 0 Å². The van der Waals surface area contributed by atoms with Crippen molar-refractivity contribution in [3.05, 3.63) is 24.0 Å². The van der Waals surface area contributed by atoms with Crippen LogP contribution in [-0.2, 0) is 15.8 Å². The van der Waals surface area contributed by atoms with Crippen LogP contribution in [0.15, 0.2) is 23.4 Å². The minimum absolute atomic E-state index is 0. The van der Waals surface area contributed by atoms with Gasteiger partial charge in [0.25, 0.3) is 0 Å². The first kappa shape index (κ1) is 13.7. The van der Waals surface area contributed by atoms with Crippen molar-refractivity contribution in [1.29, 1.82) is 0 Å². The van der Waals surface area contributed by atoms with Crippen LogP contribution in [0.4, 0.5) is 0 Å². The van der Waals surface area contributed by atoms with Gasteiger partial charge < -0.3 is 9.29 Å². The summed E-state index contributed by atoms with van der Waals surface area (Å²) in [7, 11) is 1.18. The Labute approximate surface area is 105 Å². The first-order chi connectivity index (χ1) is 6.16.